The second kappa shape index (κ2) is 7.20. The summed E-state index contributed by atoms with van der Waals surface area (Å²) in [6.07, 6.45) is 2.33. The van der Waals surface area contributed by atoms with Gasteiger partial charge in [-0.2, -0.15) is 0 Å². The molecule has 0 bridgehead atoms. The van der Waals surface area contributed by atoms with E-state index in [2.05, 4.69) is 10.2 Å². The standard InChI is InChI=1S/C14H20ClFN2O/c15-12-4-3-11(14(16)8-12)9-18(6-7-19)10-13-2-1-5-17-13/h3-4,8,13,17,19H,1-2,5-7,9-10H2. The zero-order valence-corrected chi connectivity index (χ0v) is 11.7. The van der Waals surface area contributed by atoms with E-state index < -0.39 is 0 Å². The fraction of sp³-hybridized carbons (Fsp3) is 0.571. The molecule has 1 aromatic rings. The molecule has 2 N–H and O–H groups in total. The van der Waals surface area contributed by atoms with Crippen LogP contribution in [0.3, 0.4) is 0 Å². The molecule has 0 aliphatic carbocycles. The van der Waals surface area contributed by atoms with Crippen molar-refractivity contribution in [2.45, 2.75) is 25.4 Å². The maximum atomic E-state index is 13.8. The van der Waals surface area contributed by atoms with Crippen molar-refractivity contribution in [3.8, 4) is 0 Å². The average molecular weight is 287 g/mol. The number of hydrogen-bond donors (Lipinski definition) is 2. The molecule has 0 saturated carbocycles. The number of aliphatic hydroxyl groups is 1. The van der Waals surface area contributed by atoms with Crippen LogP contribution in [0.4, 0.5) is 4.39 Å². The smallest absolute Gasteiger partial charge is 0.129 e. The van der Waals surface area contributed by atoms with Crippen molar-refractivity contribution in [3.05, 3.63) is 34.6 Å². The van der Waals surface area contributed by atoms with Crippen molar-refractivity contribution in [1.82, 2.24) is 10.2 Å². The Morgan fingerprint density at radius 2 is 2.32 bits per heavy atom. The van der Waals surface area contributed by atoms with Gasteiger partial charge in [0.05, 0.1) is 6.61 Å². The SMILES string of the molecule is OCCN(Cc1ccc(Cl)cc1F)CC1CCCN1. The highest BCUT2D eigenvalue weighted by Gasteiger charge is 2.18. The van der Waals surface area contributed by atoms with Gasteiger partial charge in [-0.15, -0.1) is 0 Å². The minimum Gasteiger partial charge on any atom is -0.395 e. The van der Waals surface area contributed by atoms with Crippen LogP contribution in [0.1, 0.15) is 18.4 Å². The van der Waals surface area contributed by atoms with E-state index in [1.54, 1.807) is 12.1 Å². The van der Waals surface area contributed by atoms with Crippen LogP contribution in [0.5, 0.6) is 0 Å². The molecule has 1 unspecified atom stereocenters. The molecule has 1 saturated heterocycles. The lowest BCUT2D eigenvalue weighted by molar-refractivity contribution is 0.177. The molecule has 1 aliphatic rings. The van der Waals surface area contributed by atoms with Crippen molar-refractivity contribution in [1.29, 1.82) is 0 Å². The van der Waals surface area contributed by atoms with E-state index in [4.69, 9.17) is 16.7 Å². The summed E-state index contributed by atoms with van der Waals surface area (Å²) in [5.41, 5.74) is 0.621. The summed E-state index contributed by atoms with van der Waals surface area (Å²) in [5, 5.41) is 13.0. The maximum absolute atomic E-state index is 13.8. The van der Waals surface area contributed by atoms with E-state index in [1.165, 1.54) is 12.5 Å². The van der Waals surface area contributed by atoms with E-state index >= 15 is 0 Å². The van der Waals surface area contributed by atoms with E-state index in [0.29, 0.717) is 29.7 Å². The van der Waals surface area contributed by atoms with Crippen molar-refractivity contribution >= 4 is 11.6 Å². The Balaban J connectivity index is 1.98. The van der Waals surface area contributed by atoms with Crippen LogP contribution >= 0.6 is 11.6 Å². The Kier molecular flexibility index (Phi) is 5.58. The predicted molar refractivity (Wildman–Crippen MR) is 74.8 cm³/mol. The first-order chi connectivity index (χ1) is 9.19. The van der Waals surface area contributed by atoms with Gasteiger partial charge in [0.25, 0.3) is 0 Å². The number of aliphatic hydroxyl groups excluding tert-OH is 1. The van der Waals surface area contributed by atoms with Crippen LogP contribution in [0.25, 0.3) is 0 Å². The zero-order valence-electron chi connectivity index (χ0n) is 10.9. The molecule has 2 rings (SSSR count). The molecule has 1 heterocycles. The lowest BCUT2D eigenvalue weighted by Gasteiger charge is -2.25. The first-order valence-electron chi connectivity index (χ1n) is 6.69. The molecule has 0 radical (unpaired) electrons. The van der Waals surface area contributed by atoms with Gasteiger partial charge in [-0.25, -0.2) is 4.39 Å². The zero-order chi connectivity index (χ0) is 13.7. The van der Waals surface area contributed by atoms with Crippen LogP contribution in [-0.2, 0) is 6.54 Å². The van der Waals surface area contributed by atoms with E-state index in [1.807, 2.05) is 0 Å². The second-order valence-corrected chi connectivity index (χ2v) is 5.42. The summed E-state index contributed by atoms with van der Waals surface area (Å²) in [4.78, 5) is 2.08. The van der Waals surface area contributed by atoms with Gasteiger partial charge in [-0.05, 0) is 31.5 Å². The summed E-state index contributed by atoms with van der Waals surface area (Å²) in [7, 11) is 0. The third-order valence-corrected chi connectivity index (χ3v) is 3.70. The Morgan fingerprint density at radius 3 is 2.95 bits per heavy atom. The van der Waals surface area contributed by atoms with Crippen molar-refractivity contribution < 1.29 is 9.50 Å². The van der Waals surface area contributed by atoms with Crippen molar-refractivity contribution in [3.63, 3.8) is 0 Å². The van der Waals surface area contributed by atoms with Gasteiger partial charge in [0.1, 0.15) is 5.82 Å². The molecule has 3 nitrogen and oxygen atoms in total. The highest BCUT2D eigenvalue weighted by atomic mass is 35.5. The minimum atomic E-state index is -0.283. The topological polar surface area (TPSA) is 35.5 Å². The van der Waals surface area contributed by atoms with Crippen LogP contribution in [0, 0.1) is 5.82 Å². The van der Waals surface area contributed by atoms with Crippen LogP contribution < -0.4 is 5.32 Å². The van der Waals surface area contributed by atoms with Gasteiger partial charge >= 0.3 is 0 Å². The fourth-order valence-corrected chi connectivity index (χ4v) is 2.65. The summed E-state index contributed by atoms with van der Waals surface area (Å²) < 4.78 is 13.8. The van der Waals surface area contributed by atoms with Crippen LogP contribution in [0.15, 0.2) is 18.2 Å². The Morgan fingerprint density at radius 1 is 1.47 bits per heavy atom. The molecular formula is C14H20ClFN2O. The van der Waals surface area contributed by atoms with Crippen LogP contribution in [-0.4, -0.2) is 42.3 Å². The molecule has 1 atom stereocenters. The Bertz CT molecular complexity index is 410. The molecular weight excluding hydrogens is 267 g/mol. The summed E-state index contributed by atoms with van der Waals surface area (Å²) in [5.74, 6) is -0.283. The Labute approximate surface area is 118 Å². The molecule has 19 heavy (non-hydrogen) atoms. The van der Waals surface area contributed by atoms with Gasteiger partial charge in [-0.3, -0.25) is 4.90 Å². The quantitative estimate of drug-likeness (QED) is 0.840. The molecule has 0 spiro atoms. The minimum absolute atomic E-state index is 0.0852. The third kappa shape index (κ3) is 4.42. The number of benzene rings is 1. The molecule has 0 amide bonds. The lowest BCUT2D eigenvalue weighted by Crippen LogP contribution is -2.38. The lowest BCUT2D eigenvalue weighted by atomic mass is 10.1. The van der Waals surface area contributed by atoms with Crippen molar-refractivity contribution in [2.75, 3.05) is 26.2 Å². The fourth-order valence-electron chi connectivity index (χ4n) is 2.49. The van der Waals surface area contributed by atoms with Gasteiger partial charge in [0.15, 0.2) is 0 Å². The van der Waals surface area contributed by atoms with E-state index in [-0.39, 0.29) is 12.4 Å². The summed E-state index contributed by atoms with van der Waals surface area (Å²) >= 11 is 5.75. The first kappa shape index (κ1) is 14.7. The molecule has 0 aromatic heterocycles. The monoisotopic (exact) mass is 286 g/mol. The summed E-state index contributed by atoms with van der Waals surface area (Å²) in [6.45, 7) is 3.03. The molecule has 1 fully saturated rings. The van der Waals surface area contributed by atoms with Crippen molar-refractivity contribution in [2.24, 2.45) is 0 Å². The normalized spacial score (nSPS) is 19.3. The molecule has 1 aromatic carbocycles. The van der Waals surface area contributed by atoms with Gasteiger partial charge in [0.2, 0.25) is 0 Å². The maximum Gasteiger partial charge on any atom is 0.129 e. The first-order valence-corrected chi connectivity index (χ1v) is 7.07. The highest BCUT2D eigenvalue weighted by Crippen LogP contribution is 2.17. The largest absolute Gasteiger partial charge is 0.395 e. The third-order valence-electron chi connectivity index (χ3n) is 3.47. The molecule has 1 aliphatic heterocycles. The molecule has 106 valence electrons. The predicted octanol–water partition coefficient (Wildman–Crippen LogP) is 2.03. The van der Waals surface area contributed by atoms with Gasteiger partial charge < -0.3 is 10.4 Å². The highest BCUT2D eigenvalue weighted by molar-refractivity contribution is 6.30. The summed E-state index contributed by atoms with van der Waals surface area (Å²) in [6, 6.07) is 5.19. The van der Waals surface area contributed by atoms with E-state index in [0.717, 1.165) is 19.5 Å². The number of hydrogen-bond acceptors (Lipinski definition) is 3. The van der Waals surface area contributed by atoms with Gasteiger partial charge in [-0.1, -0.05) is 17.7 Å². The van der Waals surface area contributed by atoms with Gasteiger partial charge in [0, 0.05) is 36.3 Å². The Hall–Kier alpha value is -0.680. The van der Waals surface area contributed by atoms with E-state index in [9.17, 15) is 4.39 Å². The molecule has 5 heteroatoms. The number of nitrogens with one attached hydrogen (secondary N) is 1. The average Bonchev–Trinajstić information content (AvgIpc) is 2.86. The second-order valence-electron chi connectivity index (χ2n) is 4.99. The number of rotatable bonds is 6. The number of nitrogens with zero attached hydrogens (tertiary/aromatic N) is 1. The number of halogens is 2. The van der Waals surface area contributed by atoms with Crippen LogP contribution in [0.2, 0.25) is 5.02 Å².